The molecule has 23 heavy (non-hydrogen) atoms. The van der Waals surface area contributed by atoms with Crippen molar-refractivity contribution >= 4 is 17.2 Å². The molecular weight excluding hydrogens is 306 g/mol. The summed E-state index contributed by atoms with van der Waals surface area (Å²) in [6, 6.07) is 10.3. The summed E-state index contributed by atoms with van der Waals surface area (Å²) in [4.78, 5) is 18.6. The summed E-state index contributed by atoms with van der Waals surface area (Å²) in [7, 11) is 1.94. The Morgan fingerprint density at radius 3 is 2.61 bits per heavy atom. The number of aromatic nitrogens is 1. The molecule has 124 valence electrons. The minimum atomic E-state index is -0.193. The monoisotopic (exact) mass is 331 g/mol. The Morgan fingerprint density at radius 1 is 1.26 bits per heavy atom. The minimum absolute atomic E-state index is 0.0414. The van der Waals surface area contributed by atoms with Crippen molar-refractivity contribution < 1.29 is 4.79 Å². The molecule has 0 aliphatic carbocycles. The molecule has 1 aromatic carbocycles. The first-order valence-corrected chi connectivity index (χ1v) is 8.66. The third-order valence-electron chi connectivity index (χ3n) is 3.16. The molecule has 5 heteroatoms. The van der Waals surface area contributed by atoms with Crippen LogP contribution in [-0.4, -0.2) is 34.9 Å². The van der Waals surface area contributed by atoms with Crippen LogP contribution < -0.4 is 5.32 Å². The molecule has 0 saturated carbocycles. The molecule has 0 spiro atoms. The van der Waals surface area contributed by atoms with Crippen LogP contribution in [0, 0.1) is 0 Å². The lowest BCUT2D eigenvalue weighted by Gasteiger charge is -2.23. The topological polar surface area (TPSA) is 45.2 Å². The maximum Gasteiger partial charge on any atom is 0.234 e. The number of carbonyl (C=O) groups is 1. The summed E-state index contributed by atoms with van der Waals surface area (Å²) in [5, 5.41) is 6.17. The molecule has 1 heterocycles. The van der Waals surface area contributed by atoms with Crippen molar-refractivity contribution in [2.24, 2.45) is 0 Å². The molecule has 4 nitrogen and oxygen atoms in total. The number of rotatable bonds is 6. The van der Waals surface area contributed by atoms with Crippen LogP contribution in [0.3, 0.4) is 0 Å². The summed E-state index contributed by atoms with van der Waals surface area (Å²) >= 11 is 1.68. The number of thiazole rings is 1. The molecule has 1 N–H and O–H groups in total. The number of likely N-dealkylation sites (N-methyl/N-ethyl adjacent to an activating group) is 1. The van der Waals surface area contributed by atoms with Crippen LogP contribution in [0.1, 0.15) is 37.0 Å². The fourth-order valence-corrected chi connectivity index (χ4v) is 3.13. The number of hydrogen-bond donors (Lipinski definition) is 1. The zero-order chi connectivity index (χ0) is 16.9. The number of nitrogens with zero attached hydrogens (tertiary/aromatic N) is 2. The van der Waals surface area contributed by atoms with Crippen LogP contribution in [0.4, 0.5) is 0 Å². The molecule has 0 atom stereocenters. The molecule has 0 aliphatic heterocycles. The number of benzene rings is 1. The fraction of sp³-hybridized carbons (Fsp3) is 0.444. The van der Waals surface area contributed by atoms with Crippen molar-refractivity contribution in [2.75, 3.05) is 13.6 Å². The highest BCUT2D eigenvalue weighted by atomic mass is 32.1. The van der Waals surface area contributed by atoms with Gasteiger partial charge in [0.15, 0.2) is 0 Å². The van der Waals surface area contributed by atoms with E-state index >= 15 is 0 Å². The zero-order valence-corrected chi connectivity index (χ0v) is 15.1. The molecular formula is C18H25N3OS. The van der Waals surface area contributed by atoms with E-state index in [9.17, 15) is 4.79 Å². The molecule has 2 rings (SSSR count). The molecule has 1 amide bonds. The van der Waals surface area contributed by atoms with E-state index in [4.69, 9.17) is 0 Å². The Labute approximate surface area is 142 Å². The van der Waals surface area contributed by atoms with Crippen molar-refractivity contribution in [2.45, 2.75) is 39.3 Å². The molecule has 0 bridgehead atoms. The van der Waals surface area contributed by atoms with Gasteiger partial charge in [0.25, 0.3) is 0 Å². The maximum atomic E-state index is 11.9. The van der Waals surface area contributed by atoms with Crippen LogP contribution in [0.5, 0.6) is 0 Å². The van der Waals surface area contributed by atoms with Crippen molar-refractivity contribution in [3.63, 3.8) is 0 Å². The van der Waals surface area contributed by atoms with Crippen molar-refractivity contribution in [1.82, 2.24) is 15.2 Å². The average Bonchev–Trinajstić information content (AvgIpc) is 2.84. The van der Waals surface area contributed by atoms with Crippen LogP contribution in [0.15, 0.2) is 35.7 Å². The smallest absolute Gasteiger partial charge is 0.234 e. The minimum Gasteiger partial charge on any atom is -0.350 e. The third kappa shape index (κ3) is 6.50. The maximum absolute atomic E-state index is 11.9. The van der Waals surface area contributed by atoms with E-state index in [1.807, 2.05) is 50.9 Å². The number of carbonyl (C=O) groups excluding carboxylic acids is 1. The van der Waals surface area contributed by atoms with Crippen molar-refractivity contribution in [1.29, 1.82) is 0 Å². The first-order chi connectivity index (χ1) is 10.8. The van der Waals surface area contributed by atoms with Crippen LogP contribution >= 0.6 is 11.3 Å². The lowest BCUT2D eigenvalue weighted by atomic mass is 10.1. The second kappa shape index (κ2) is 7.70. The predicted molar refractivity (Wildman–Crippen MR) is 95.6 cm³/mol. The molecule has 1 aromatic heterocycles. The molecule has 0 radical (unpaired) electrons. The normalized spacial score (nSPS) is 11.7. The first-order valence-electron chi connectivity index (χ1n) is 7.78. The van der Waals surface area contributed by atoms with E-state index in [0.29, 0.717) is 13.1 Å². The number of amides is 1. The van der Waals surface area contributed by atoms with E-state index in [1.165, 1.54) is 5.56 Å². The SMILES string of the molecule is CN(CC(=O)NC(C)(C)C)Cc1csc(Cc2ccccc2)n1. The van der Waals surface area contributed by atoms with Crippen LogP contribution in [0.25, 0.3) is 0 Å². The summed E-state index contributed by atoms with van der Waals surface area (Å²) in [5.41, 5.74) is 2.10. The van der Waals surface area contributed by atoms with E-state index in [1.54, 1.807) is 11.3 Å². The van der Waals surface area contributed by atoms with Gasteiger partial charge in [0.1, 0.15) is 0 Å². The van der Waals surface area contributed by atoms with Gasteiger partial charge in [-0.1, -0.05) is 30.3 Å². The van der Waals surface area contributed by atoms with Crippen molar-refractivity contribution in [3.8, 4) is 0 Å². The predicted octanol–water partition coefficient (Wildman–Crippen LogP) is 3.08. The van der Waals surface area contributed by atoms with Gasteiger partial charge in [0.05, 0.1) is 17.2 Å². The van der Waals surface area contributed by atoms with Gasteiger partial charge in [0, 0.05) is 23.9 Å². The third-order valence-corrected chi connectivity index (χ3v) is 4.05. The Morgan fingerprint density at radius 2 is 1.96 bits per heavy atom. The van der Waals surface area contributed by atoms with Gasteiger partial charge in [-0.15, -0.1) is 11.3 Å². The molecule has 0 fully saturated rings. The molecule has 2 aromatic rings. The van der Waals surface area contributed by atoms with Crippen molar-refractivity contribution in [3.05, 3.63) is 52.0 Å². The second-order valence-electron chi connectivity index (χ2n) is 6.87. The largest absolute Gasteiger partial charge is 0.350 e. The molecule has 0 unspecified atom stereocenters. The van der Waals surface area contributed by atoms with Gasteiger partial charge in [-0.3, -0.25) is 9.69 Å². The average molecular weight is 331 g/mol. The Bertz CT molecular complexity index is 631. The lowest BCUT2D eigenvalue weighted by molar-refractivity contribution is -0.123. The summed E-state index contributed by atoms with van der Waals surface area (Å²) < 4.78 is 0. The fourth-order valence-electron chi connectivity index (χ4n) is 2.31. The van der Waals surface area contributed by atoms with E-state index in [-0.39, 0.29) is 11.4 Å². The highest BCUT2D eigenvalue weighted by Gasteiger charge is 2.15. The second-order valence-corrected chi connectivity index (χ2v) is 7.81. The Hall–Kier alpha value is -1.72. The summed E-state index contributed by atoms with van der Waals surface area (Å²) in [6.45, 7) is 7.02. The van der Waals surface area contributed by atoms with Gasteiger partial charge < -0.3 is 5.32 Å². The molecule has 0 saturated heterocycles. The Kier molecular flexibility index (Phi) is 5.91. The van der Waals surface area contributed by atoms with Crippen LogP contribution in [-0.2, 0) is 17.8 Å². The number of hydrogen-bond acceptors (Lipinski definition) is 4. The lowest BCUT2D eigenvalue weighted by Crippen LogP contribution is -2.45. The first kappa shape index (κ1) is 17.6. The van der Waals surface area contributed by atoms with E-state index in [0.717, 1.165) is 17.1 Å². The molecule has 0 aliphatic rings. The van der Waals surface area contributed by atoms with Gasteiger partial charge in [-0.2, -0.15) is 0 Å². The van der Waals surface area contributed by atoms with Gasteiger partial charge in [-0.25, -0.2) is 4.98 Å². The van der Waals surface area contributed by atoms with Crippen LogP contribution in [0.2, 0.25) is 0 Å². The van der Waals surface area contributed by atoms with E-state index in [2.05, 4.69) is 27.8 Å². The highest BCUT2D eigenvalue weighted by Crippen LogP contribution is 2.15. The zero-order valence-electron chi connectivity index (χ0n) is 14.3. The quantitative estimate of drug-likeness (QED) is 0.885. The number of nitrogens with one attached hydrogen (secondary N) is 1. The van der Waals surface area contributed by atoms with E-state index < -0.39 is 0 Å². The highest BCUT2D eigenvalue weighted by molar-refractivity contribution is 7.09. The van der Waals surface area contributed by atoms with Gasteiger partial charge in [-0.05, 0) is 33.4 Å². The summed E-state index contributed by atoms with van der Waals surface area (Å²) in [5.74, 6) is 0.0414. The van der Waals surface area contributed by atoms with Gasteiger partial charge >= 0.3 is 0 Å². The standard InChI is InChI=1S/C18H25N3OS/c1-18(2,3)20-16(22)12-21(4)11-15-13-23-17(19-15)10-14-8-6-5-7-9-14/h5-9,13H,10-12H2,1-4H3,(H,20,22). The Balaban J connectivity index is 1.85. The van der Waals surface area contributed by atoms with Gasteiger partial charge in [0.2, 0.25) is 5.91 Å². The summed E-state index contributed by atoms with van der Waals surface area (Å²) in [6.07, 6.45) is 0.861.